The molecular formula is C23H29N9O7S2. The van der Waals surface area contributed by atoms with Crippen molar-refractivity contribution in [2.45, 2.75) is 57.2 Å². The molecule has 4 heterocycles. The molecule has 2 aliphatic rings. The molecule has 2 aliphatic heterocycles. The number of nitrogens with one attached hydrogen (secondary N) is 1. The van der Waals surface area contributed by atoms with Gasteiger partial charge in [-0.2, -0.15) is 9.36 Å². The highest BCUT2D eigenvalue weighted by molar-refractivity contribution is 8.00. The van der Waals surface area contributed by atoms with Gasteiger partial charge in [-0.1, -0.05) is 18.5 Å². The minimum absolute atomic E-state index is 0.0163. The molecule has 2 amide bonds. The maximum Gasteiger partial charge on any atom is 0.350 e. The van der Waals surface area contributed by atoms with Crippen LogP contribution in [-0.4, -0.2) is 76.3 Å². The van der Waals surface area contributed by atoms with Crippen molar-refractivity contribution < 1.29 is 38.9 Å². The largest absolute Gasteiger partial charge is 0.543 e. The Morgan fingerprint density at radius 3 is 2.66 bits per heavy atom. The molecule has 6 N–H and O–H groups in total. The number of carboxylic acids is 2. The van der Waals surface area contributed by atoms with Gasteiger partial charge < -0.3 is 36.6 Å². The SMILES string of the molecule is CCCc1c[n+](CC2=C(C(=O)[O-])N3C(=O)[C@@H](NC(=O)/C(=N/OC(C)(C)C(=O)O)c4nsc(N)n4)[C@H]3SC2)n(C)c1N. The first kappa shape index (κ1) is 29.8. The van der Waals surface area contributed by atoms with E-state index in [0.717, 1.165) is 34.8 Å². The zero-order valence-electron chi connectivity index (χ0n) is 22.6. The van der Waals surface area contributed by atoms with E-state index >= 15 is 0 Å². The zero-order valence-corrected chi connectivity index (χ0v) is 24.2. The maximum absolute atomic E-state index is 13.2. The van der Waals surface area contributed by atoms with E-state index in [9.17, 15) is 29.4 Å². The van der Waals surface area contributed by atoms with Crippen LogP contribution < -0.4 is 26.6 Å². The number of rotatable bonds is 11. The number of carbonyl (C=O) groups excluding carboxylic acids is 3. The second kappa shape index (κ2) is 11.4. The Morgan fingerprint density at radius 2 is 2.07 bits per heavy atom. The van der Waals surface area contributed by atoms with Crippen LogP contribution in [0.5, 0.6) is 0 Å². The van der Waals surface area contributed by atoms with Crippen LogP contribution in [0.4, 0.5) is 10.9 Å². The number of hydrogen-bond donors (Lipinski definition) is 4. The van der Waals surface area contributed by atoms with Gasteiger partial charge in [0, 0.05) is 22.9 Å². The summed E-state index contributed by atoms with van der Waals surface area (Å²) in [6.45, 7) is 4.64. The van der Waals surface area contributed by atoms with Crippen LogP contribution in [0.25, 0.3) is 0 Å². The first-order valence-corrected chi connectivity index (χ1v) is 14.2. The summed E-state index contributed by atoms with van der Waals surface area (Å²) in [5.74, 6) is -3.90. The highest BCUT2D eigenvalue weighted by atomic mass is 32.2. The smallest absolute Gasteiger partial charge is 0.350 e. The van der Waals surface area contributed by atoms with E-state index in [2.05, 4.69) is 19.8 Å². The Labute approximate surface area is 242 Å². The van der Waals surface area contributed by atoms with Crippen molar-refractivity contribution in [3.05, 3.63) is 28.9 Å². The van der Waals surface area contributed by atoms with E-state index in [4.69, 9.17) is 16.3 Å². The van der Waals surface area contributed by atoms with E-state index in [-0.39, 0.29) is 29.0 Å². The molecule has 1 fully saturated rings. The lowest BCUT2D eigenvalue weighted by Gasteiger charge is -2.50. The topological polar surface area (TPSA) is 235 Å². The van der Waals surface area contributed by atoms with Gasteiger partial charge in [0.25, 0.3) is 11.8 Å². The number of nitrogens with two attached hydrogens (primary N) is 2. The summed E-state index contributed by atoms with van der Waals surface area (Å²) in [6, 6.07) is -1.12. The molecule has 2 aromatic rings. The van der Waals surface area contributed by atoms with Crippen molar-refractivity contribution in [1.29, 1.82) is 0 Å². The van der Waals surface area contributed by atoms with Gasteiger partial charge in [0.05, 0.1) is 24.3 Å². The van der Waals surface area contributed by atoms with Crippen LogP contribution in [0.1, 0.15) is 38.6 Å². The van der Waals surface area contributed by atoms with Crippen LogP contribution in [0.2, 0.25) is 0 Å². The Hall–Kier alpha value is -4.19. The van der Waals surface area contributed by atoms with E-state index in [0.29, 0.717) is 11.4 Å². The molecule has 0 spiro atoms. The van der Waals surface area contributed by atoms with E-state index in [1.54, 1.807) is 16.4 Å². The van der Waals surface area contributed by atoms with Gasteiger partial charge in [-0.05, 0) is 20.3 Å². The Bertz CT molecular complexity index is 1480. The van der Waals surface area contributed by atoms with Crippen molar-refractivity contribution in [2.24, 2.45) is 12.2 Å². The van der Waals surface area contributed by atoms with Crippen LogP contribution in [0, 0.1) is 0 Å². The number of aliphatic carboxylic acids is 2. The van der Waals surface area contributed by atoms with Gasteiger partial charge in [-0.15, -0.1) is 21.1 Å². The number of fused-ring (bicyclic) bond motifs is 1. The van der Waals surface area contributed by atoms with Crippen LogP contribution in [-0.2, 0) is 44.0 Å². The molecule has 0 saturated carbocycles. The summed E-state index contributed by atoms with van der Waals surface area (Å²) in [5, 5.41) is 26.9. The predicted molar refractivity (Wildman–Crippen MR) is 145 cm³/mol. The molecule has 0 radical (unpaired) electrons. The lowest BCUT2D eigenvalue weighted by Crippen LogP contribution is -2.71. The molecule has 18 heteroatoms. The number of aromatic nitrogens is 4. The Kier molecular flexibility index (Phi) is 8.25. The summed E-state index contributed by atoms with van der Waals surface area (Å²) >= 11 is 2.04. The van der Waals surface area contributed by atoms with Crippen molar-refractivity contribution in [1.82, 2.24) is 24.3 Å². The first-order valence-electron chi connectivity index (χ1n) is 12.4. The highest BCUT2D eigenvalue weighted by Gasteiger charge is 2.53. The summed E-state index contributed by atoms with van der Waals surface area (Å²) < 4.78 is 7.42. The van der Waals surface area contributed by atoms with E-state index < -0.39 is 46.5 Å². The number of nitrogen functional groups attached to an aromatic ring is 2. The minimum atomic E-state index is -1.79. The highest BCUT2D eigenvalue weighted by Crippen LogP contribution is 2.40. The van der Waals surface area contributed by atoms with Crippen molar-refractivity contribution >= 4 is 63.7 Å². The predicted octanol–water partition coefficient (Wildman–Crippen LogP) is -2.03. The normalized spacial score (nSPS) is 19.1. The third kappa shape index (κ3) is 5.69. The Morgan fingerprint density at radius 1 is 1.37 bits per heavy atom. The van der Waals surface area contributed by atoms with Crippen molar-refractivity contribution in [3.63, 3.8) is 0 Å². The molecular weight excluding hydrogens is 578 g/mol. The number of thioether (sulfide) groups is 1. The fourth-order valence-corrected chi connectivity index (χ4v) is 5.97. The van der Waals surface area contributed by atoms with Gasteiger partial charge in [-0.25, -0.2) is 4.79 Å². The number of nitrogens with zero attached hydrogens (tertiary/aromatic N) is 6. The maximum atomic E-state index is 13.2. The molecule has 0 bridgehead atoms. The quantitative estimate of drug-likeness (QED) is 0.0937. The summed E-state index contributed by atoms with van der Waals surface area (Å²) in [5.41, 5.74) is 10.6. The van der Waals surface area contributed by atoms with Crippen molar-refractivity contribution in [3.8, 4) is 0 Å². The third-order valence-electron chi connectivity index (χ3n) is 6.52. The molecule has 1 saturated heterocycles. The number of anilines is 2. The van der Waals surface area contributed by atoms with Crippen molar-refractivity contribution in [2.75, 3.05) is 17.2 Å². The molecule has 0 aromatic carbocycles. The van der Waals surface area contributed by atoms with E-state index in [1.165, 1.54) is 25.6 Å². The number of carbonyl (C=O) groups is 4. The summed E-state index contributed by atoms with van der Waals surface area (Å²) in [7, 11) is 1.76. The average Bonchev–Trinajstić information content (AvgIpc) is 3.45. The number of hydrogen-bond acceptors (Lipinski definition) is 13. The van der Waals surface area contributed by atoms with Crippen LogP contribution >= 0.6 is 23.3 Å². The zero-order chi connectivity index (χ0) is 30.2. The summed E-state index contributed by atoms with van der Waals surface area (Å²) in [6.07, 6.45) is 3.50. The third-order valence-corrected chi connectivity index (χ3v) is 8.40. The number of carboxylic acid groups (broad SMARTS) is 2. The molecule has 220 valence electrons. The lowest BCUT2D eigenvalue weighted by atomic mass is 10.0. The fourth-order valence-electron chi connectivity index (χ4n) is 4.20. The second-order valence-corrected chi connectivity index (χ2v) is 11.7. The molecule has 41 heavy (non-hydrogen) atoms. The Balaban J connectivity index is 1.56. The van der Waals surface area contributed by atoms with Gasteiger partial charge in [-0.3, -0.25) is 14.5 Å². The summed E-state index contributed by atoms with van der Waals surface area (Å²) in [4.78, 5) is 60.0. The number of β-lactam (4-membered cyclic amide) rings is 1. The monoisotopic (exact) mass is 607 g/mol. The molecule has 0 aliphatic carbocycles. The van der Waals surface area contributed by atoms with Gasteiger partial charge in [0.2, 0.25) is 23.3 Å². The minimum Gasteiger partial charge on any atom is -0.543 e. The first-order chi connectivity index (χ1) is 19.3. The number of amides is 2. The van der Waals surface area contributed by atoms with Gasteiger partial charge in [0.15, 0.2) is 17.5 Å². The van der Waals surface area contributed by atoms with E-state index in [1.807, 2.05) is 13.1 Å². The number of aryl methyl sites for hydroxylation is 1. The molecule has 0 unspecified atom stereocenters. The molecule has 2 aromatic heterocycles. The van der Waals surface area contributed by atoms with Gasteiger partial charge >= 0.3 is 5.97 Å². The average molecular weight is 608 g/mol. The number of oxime groups is 1. The second-order valence-electron chi connectivity index (χ2n) is 9.81. The lowest BCUT2D eigenvalue weighted by molar-refractivity contribution is -0.765. The molecule has 4 rings (SSSR count). The standard InChI is InChI=1S/C23H29N9O7S2/c1-5-6-10-7-31(30(4)15(10)24)8-11-9-40-19-13(18(34)32(19)14(11)20(35)36)26-17(33)12(16-27-22(25)41-29-16)28-39-23(2,3)21(37)38/h7,13,19,24H,5-6,8-9H2,1-4H3,(H5,25,26,27,29,33,35,36,37,38)/b28-12+/t13-,19-/m1/s1. The van der Waals surface area contributed by atoms with Crippen LogP contribution in [0.3, 0.4) is 0 Å². The molecule has 16 nitrogen and oxygen atoms in total. The fraction of sp³-hybridized carbons (Fsp3) is 0.478. The molecule has 2 atom stereocenters. The van der Waals surface area contributed by atoms with Gasteiger partial charge in [0.1, 0.15) is 11.4 Å². The van der Waals surface area contributed by atoms with Crippen LogP contribution in [0.15, 0.2) is 22.6 Å².